The topological polar surface area (TPSA) is 9.23 Å². The standard InChI is InChI=1S/C11H11BrF4O/c12-6-2-4-7-8(10(13)14)3-1-5-9(7)17-11(15)16/h1,3,5,10-11H,2,4,6H2. The second-order valence-electron chi connectivity index (χ2n) is 3.30. The van der Waals surface area contributed by atoms with E-state index >= 15 is 0 Å². The van der Waals surface area contributed by atoms with E-state index < -0.39 is 13.0 Å². The molecule has 6 heteroatoms. The third-order valence-electron chi connectivity index (χ3n) is 2.18. The van der Waals surface area contributed by atoms with Crippen molar-refractivity contribution in [3.05, 3.63) is 29.3 Å². The summed E-state index contributed by atoms with van der Waals surface area (Å²) in [7, 11) is 0. The summed E-state index contributed by atoms with van der Waals surface area (Å²) in [5, 5.41) is 0.610. The van der Waals surface area contributed by atoms with Gasteiger partial charge in [-0.2, -0.15) is 8.78 Å². The van der Waals surface area contributed by atoms with Crippen LogP contribution in [0, 0.1) is 0 Å². The lowest BCUT2D eigenvalue weighted by Crippen LogP contribution is -2.07. The van der Waals surface area contributed by atoms with Crippen molar-refractivity contribution in [1.29, 1.82) is 0 Å². The van der Waals surface area contributed by atoms with Gasteiger partial charge in [0.1, 0.15) is 5.75 Å². The summed E-state index contributed by atoms with van der Waals surface area (Å²) in [6.07, 6.45) is -1.85. The van der Waals surface area contributed by atoms with Crippen LogP contribution in [0.2, 0.25) is 0 Å². The van der Waals surface area contributed by atoms with Crippen LogP contribution in [0.15, 0.2) is 18.2 Å². The number of hydrogen-bond donors (Lipinski definition) is 0. The molecule has 0 N–H and O–H groups in total. The van der Waals surface area contributed by atoms with Gasteiger partial charge in [0.05, 0.1) is 0 Å². The quantitative estimate of drug-likeness (QED) is 0.553. The second-order valence-corrected chi connectivity index (χ2v) is 4.09. The number of benzene rings is 1. The number of ether oxygens (including phenoxy) is 1. The molecule has 0 heterocycles. The Balaban J connectivity index is 3.05. The van der Waals surface area contributed by atoms with Crippen molar-refractivity contribution in [1.82, 2.24) is 0 Å². The molecular formula is C11H11BrF4O. The molecule has 0 atom stereocenters. The molecule has 96 valence electrons. The Hall–Kier alpha value is -0.780. The molecule has 1 rings (SSSR count). The number of alkyl halides is 5. The lowest BCUT2D eigenvalue weighted by molar-refractivity contribution is -0.0506. The van der Waals surface area contributed by atoms with E-state index in [0.717, 1.165) is 0 Å². The van der Waals surface area contributed by atoms with Gasteiger partial charge in [0.15, 0.2) is 0 Å². The van der Waals surface area contributed by atoms with Crippen LogP contribution in [0.4, 0.5) is 17.6 Å². The highest BCUT2D eigenvalue weighted by Crippen LogP contribution is 2.31. The van der Waals surface area contributed by atoms with Gasteiger partial charge in [0.2, 0.25) is 0 Å². The first-order chi connectivity index (χ1) is 8.06. The number of hydrogen-bond acceptors (Lipinski definition) is 1. The monoisotopic (exact) mass is 314 g/mol. The van der Waals surface area contributed by atoms with Crippen LogP contribution in [-0.2, 0) is 6.42 Å². The lowest BCUT2D eigenvalue weighted by Gasteiger charge is -2.14. The van der Waals surface area contributed by atoms with Gasteiger partial charge >= 0.3 is 6.61 Å². The number of halogens is 5. The maximum atomic E-state index is 12.7. The van der Waals surface area contributed by atoms with Crippen LogP contribution >= 0.6 is 15.9 Å². The fourth-order valence-corrected chi connectivity index (χ4v) is 1.78. The van der Waals surface area contributed by atoms with Crippen molar-refractivity contribution >= 4 is 15.9 Å². The molecule has 1 aromatic carbocycles. The van der Waals surface area contributed by atoms with E-state index in [1.807, 2.05) is 0 Å². The maximum absolute atomic E-state index is 12.7. The Kier molecular flexibility index (Phi) is 5.74. The zero-order valence-electron chi connectivity index (χ0n) is 8.81. The second kappa shape index (κ2) is 6.83. The maximum Gasteiger partial charge on any atom is 0.387 e. The Morgan fingerprint density at radius 3 is 2.41 bits per heavy atom. The first-order valence-corrected chi connectivity index (χ1v) is 6.09. The van der Waals surface area contributed by atoms with Crippen molar-refractivity contribution < 1.29 is 22.3 Å². The summed E-state index contributed by atoms with van der Waals surface area (Å²) < 4.78 is 54.0. The SMILES string of the molecule is FC(F)Oc1cccc(C(F)F)c1CCCBr. The molecular weight excluding hydrogens is 304 g/mol. The van der Waals surface area contributed by atoms with Crippen LogP contribution in [0.1, 0.15) is 24.0 Å². The van der Waals surface area contributed by atoms with Gasteiger partial charge in [0.25, 0.3) is 6.43 Å². The molecule has 0 aliphatic rings. The van der Waals surface area contributed by atoms with Crippen LogP contribution in [0.25, 0.3) is 0 Å². The Morgan fingerprint density at radius 2 is 1.88 bits per heavy atom. The van der Waals surface area contributed by atoms with E-state index in [0.29, 0.717) is 11.8 Å². The summed E-state index contributed by atoms with van der Waals surface area (Å²) in [5.41, 5.74) is -0.0913. The summed E-state index contributed by atoms with van der Waals surface area (Å²) in [6, 6.07) is 3.80. The lowest BCUT2D eigenvalue weighted by atomic mass is 10.0. The minimum Gasteiger partial charge on any atom is -0.435 e. The zero-order valence-corrected chi connectivity index (χ0v) is 10.4. The van der Waals surface area contributed by atoms with E-state index in [1.54, 1.807) is 0 Å². The van der Waals surface area contributed by atoms with Crippen LogP contribution in [0.3, 0.4) is 0 Å². The molecule has 17 heavy (non-hydrogen) atoms. The van der Waals surface area contributed by atoms with Gasteiger partial charge in [-0.25, -0.2) is 8.78 Å². The van der Waals surface area contributed by atoms with E-state index in [-0.39, 0.29) is 23.3 Å². The van der Waals surface area contributed by atoms with E-state index in [4.69, 9.17) is 0 Å². The Labute approximate surface area is 105 Å². The highest BCUT2D eigenvalue weighted by Gasteiger charge is 2.18. The minimum absolute atomic E-state index is 0.155. The van der Waals surface area contributed by atoms with Crippen LogP contribution in [-0.4, -0.2) is 11.9 Å². The van der Waals surface area contributed by atoms with E-state index in [1.165, 1.54) is 18.2 Å². The van der Waals surface area contributed by atoms with Gasteiger partial charge in [0, 0.05) is 16.5 Å². The summed E-state index contributed by atoms with van der Waals surface area (Å²) in [5.74, 6) is -0.168. The molecule has 0 bridgehead atoms. The van der Waals surface area contributed by atoms with E-state index in [2.05, 4.69) is 20.7 Å². The molecule has 0 aliphatic heterocycles. The summed E-state index contributed by atoms with van der Waals surface area (Å²) in [4.78, 5) is 0. The highest BCUT2D eigenvalue weighted by atomic mass is 79.9. The number of rotatable bonds is 6. The molecule has 0 radical (unpaired) electrons. The first-order valence-electron chi connectivity index (χ1n) is 4.97. The van der Waals surface area contributed by atoms with Crippen LogP contribution < -0.4 is 4.74 Å². The fraction of sp³-hybridized carbons (Fsp3) is 0.455. The van der Waals surface area contributed by atoms with Gasteiger partial charge in [-0.1, -0.05) is 28.1 Å². The van der Waals surface area contributed by atoms with Gasteiger partial charge in [-0.3, -0.25) is 0 Å². The van der Waals surface area contributed by atoms with E-state index in [9.17, 15) is 17.6 Å². The zero-order chi connectivity index (χ0) is 12.8. The largest absolute Gasteiger partial charge is 0.435 e. The van der Waals surface area contributed by atoms with Crippen molar-refractivity contribution in [2.75, 3.05) is 5.33 Å². The summed E-state index contributed by atoms with van der Waals surface area (Å²) >= 11 is 3.17. The molecule has 0 saturated heterocycles. The molecule has 0 unspecified atom stereocenters. The molecule has 0 spiro atoms. The minimum atomic E-state index is -3.01. The normalized spacial score (nSPS) is 11.2. The average Bonchev–Trinajstić information content (AvgIpc) is 2.26. The third kappa shape index (κ3) is 4.18. The smallest absolute Gasteiger partial charge is 0.387 e. The summed E-state index contributed by atoms with van der Waals surface area (Å²) in [6.45, 7) is -3.01. The third-order valence-corrected chi connectivity index (χ3v) is 2.74. The highest BCUT2D eigenvalue weighted by molar-refractivity contribution is 9.09. The first kappa shape index (κ1) is 14.3. The molecule has 0 saturated carbocycles. The average molecular weight is 315 g/mol. The molecule has 0 amide bonds. The molecule has 1 nitrogen and oxygen atoms in total. The van der Waals surface area contributed by atoms with Crippen LogP contribution in [0.5, 0.6) is 5.75 Å². The molecule has 0 aliphatic carbocycles. The van der Waals surface area contributed by atoms with Crippen molar-refractivity contribution in [2.24, 2.45) is 0 Å². The Morgan fingerprint density at radius 1 is 1.18 bits per heavy atom. The predicted molar refractivity (Wildman–Crippen MR) is 60.1 cm³/mol. The van der Waals surface area contributed by atoms with Crippen molar-refractivity contribution in [2.45, 2.75) is 25.9 Å². The molecule has 1 aromatic rings. The molecule has 0 fully saturated rings. The van der Waals surface area contributed by atoms with Gasteiger partial charge in [-0.15, -0.1) is 0 Å². The predicted octanol–water partition coefficient (Wildman–Crippen LogP) is 4.55. The Bertz CT molecular complexity index is 357. The van der Waals surface area contributed by atoms with Crippen molar-refractivity contribution in [3.8, 4) is 5.75 Å². The van der Waals surface area contributed by atoms with Crippen molar-refractivity contribution in [3.63, 3.8) is 0 Å². The van der Waals surface area contributed by atoms with Gasteiger partial charge in [-0.05, 0) is 18.9 Å². The molecule has 0 aromatic heterocycles. The fourth-order valence-electron chi connectivity index (χ4n) is 1.50. The van der Waals surface area contributed by atoms with Gasteiger partial charge < -0.3 is 4.74 Å².